The van der Waals surface area contributed by atoms with Crippen molar-refractivity contribution in [2.75, 3.05) is 34.3 Å². The number of rotatable bonds is 5. The van der Waals surface area contributed by atoms with Gasteiger partial charge >= 0.3 is 0 Å². The van der Waals surface area contributed by atoms with Crippen LogP contribution in [0, 0.1) is 5.92 Å². The second-order valence-electron chi connectivity index (χ2n) is 8.03. The van der Waals surface area contributed by atoms with Crippen LogP contribution in [-0.4, -0.2) is 73.0 Å². The first kappa shape index (κ1) is 19.1. The highest BCUT2D eigenvalue weighted by molar-refractivity contribution is 6.11. The lowest BCUT2D eigenvalue weighted by Gasteiger charge is -2.38. The third kappa shape index (κ3) is 3.22. The minimum absolute atomic E-state index is 0.0513. The summed E-state index contributed by atoms with van der Waals surface area (Å²) in [6.07, 6.45) is 5.43. The SMILES string of the molecule is COC1CCC2C(=O)C3=C(OC2C1)C(=O)N(CCN(C)C)C3c1cccnc1. The average Bonchev–Trinajstić information content (AvgIpc) is 2.99. The second-order valence-corrected chi connectivity index (χ2v) is 8.03. The number of aromatic nitrogens is 1. The molecule has 4 rings (SSSR count). The number of ketones is 1. The van der Waals surface area contributed by atoms with E-state index in [0.29, 0.717) is 25.1 Å². The van der Waals surface area contributed by atoms with Crippen LogP contribution >= 0.6 is 0 Å². The fourth-order valence-corrected chi connectivity index (χ4v) is 4.51. The van der Waals surface area contributed by atoms with Gasteiger partial charge in [-0.1, -0.05) is 6.07 Å². The number of Topliss-reactive ketones (excluding diaryl/α,β-unsaturated/α-hetero) is 1. The molecule has 2 aliphatic heterocycles. The normalized spacial score (nSPS) is 29.8. The summed E-state index contributed by atoms with van der Waals surface area (Å²) >= 11 is 0. The second kappa shape index (κ2) is 7.64. The Morgan fingerprint density at radius 3 is 2.82 bits per heavy atom. The summed E-state index contributed by atoms with van der Waals surface area (Å²) in [5.74, 6) is -0.117. The third-order valence-electron chi connectivity index (χ3n) is 6.02. The van der Waals surface area contributed by atoms with Gasteiger partial charge in [-0.25, -0.2) is 0 Å². The molecule has 4 atom stereocenters. The number of likely N-dealkylation sites (N-methyl/N-ethyl adjacent to an activating group) is 1. The summed E-state index contributed by atoms with van der Waals surface area (Å²) in [5, 5.41) is 0. The fraction of sp³-hybridized carbons (Fsp3) is 0.571. The highest BCUT2D eigenvalue weighted by atomic mass is 16.5. The van der Waals surface area contributed by atoms with Crippen LogP contribution in [0.4, 0.5) is 0 Å². The van der Waals surface area contributed by atoms with Gasteiger partial charge in [0.1, 0.15) is 6.10 Å². The van der Waals surface area contributed by atoms with Gasteiger partial charge < -0.3 is 19.3 Å². The van der Waals surface area contributed by atoms with E-state index in [1.54, 1.807) is 24.4 Å². The van der Waals surface area contributed by atoms with Gasteiger partial charge in [0.15, 0.2) is 11.5 Å². The van der Waals surface area contributed by atoms with E-state index in [-0.39, 0.29) is 35.6 Å². The quantitative estimate of drug-likeness (QED) is 0.766. The molecule has 1 saturated carbocycles. The van der Waals surface area contributed by atoms with Gasteiger partial charge in [-0.05, 0) is 38.6 Å². The number of pyridine rings is 1. The predicted molar refractivity (Wildman–Crippen MR) is 102 cm³/mol. The van der Waals surface area contributed by atoms with Gasteiger partial charge in [-0.2, -0.15) is 0 Å². The minimum atomic E-state index is -0.426. The van der Waals surface area contributed by atoms with E-state index in [1.807, 2.05) is 31.1 Å². The number of amides is 1. The van der Waals surface area contributed by atoms with Crippen LogP contribution in [0.3, 0.4) is 0 Å². The standard InChI is InChI=1S/C21H27N3O4/c1-23(2)9-10-24-18(13-5-4-8-22-12-13)17-19(25)15-7-6-14(27-3)11-16(15)28-20(17)21(24)26/h4-5,8,12,14-16,18H,6-7,9-11H2,1-3H3. The van der Waals surface area contributed by atoms with E-state index in [9.17, 15) is 9.59 Å². The highest BCUT2D eigenvalue weighted by Crippen LogP contribution is 2.46. The highest BCUT2D eigenvalue weighted by Gasteiger charge is 2.52. The number of hydrogen-bond acceptors (Lipinski definition) is 6. The zero-order valence-corrected chi connectivity index (χ0v) is 16.6. The average molecular weight is 385 g/mol. The van der Waals surface area contributed by atoms with E-state index < -0.39 is 6.04 Å². The first-order chi connectivity index (χ1) is 13.5. The molecule has 1 aromatic heterocycles. The molecular weight excluding hydrogens is 358 g/mol. The summed E-state index contributed by atoms with van der Waals surface area (Å²) in [7, 11) is 5.62. The molecule has 28 heavy (non-hydrogen) atoms. The van der Waals surface area contributed by atoms with Crippen LogP contribution in [-0.2, 0) is 19.1 Å². The zero-order chi connectivity index (χ0) is 19.8. The molecule has 1 aromatic rings. The van der Waals surface area contributed by atoms with Crippen LogP contribution in [0.5, 0.6) is 0 Å². The van der Waals surface area contributed by atoms with Gasteiger partial charge in [-0.3, -0.25) is 14.6 Å². The Morgan fingerprint density at radius 1 is 1.32 bits per heavy atom. The first-order valence-corrected chi connectivity index (χ1v) is 9.84. The Labute approximate surface area is 165 Å². The van der Waals surface area contributed by atoms with E-state index in [4.69, 9.17) is 9.47 Å². The Balaban J connectivity index is 1.71. The van der Waals surface area contributed by atoms with Crippen molar-refractivity contribution in [3.63, 3.8) is 0 Å². The Bertz CT molecular complexity index is 792. The van der Waals surface area contributed by atoms with Crippen molar-refractivity contribution in [1.82, 2.24) is 14.8 Å². The fourth-order valence-electron chi connectivity index (χ4n) is 4.51. The molecule has 0 aromatic carbocycles. The predicted octanol–water partition coefficient (Wildman–Crippen LogP) is 1.56. The number of methoxy groups -OCH3 is 1. The van der Waals surface area contributed by atoms with Crippen LogP contribution in [0.25, 0.3) is 0 Å². The molecule has 0 N–H and O–H groups in total. The molecule has 0 bridgehead atoms. The van der Waals surface area contributed by atoms with Crippen molar-refractivity contribution in [2.45, 2.75) is 37.5 Å². The molecule has 0 spiro atoms. The Hall–Kier alpha value is -2.25. The van der Waals surface area contributed by atoms with Gasteiger partial charge in [0.2, 0.25) is 0 Å². The van der Waals surface area contributed by atoms with Gasteiger partial charge in [0, 0.05) is 39.0 Å². The third-order valence-corrected chi connectivity index (χ3v) is 6.02. The summed E-state index contributed by atoms with van der Waals surface area (Å²) in [6, 6.07) is 3.33. The number of hydrogen-bond donors (Lipinski definition) is 0. The van der Waals surface area contributed by atoms with E-state index >= 15 is 0 Å². The zero-order valence-electron chi connectivity index (χ0n) is 16.6. The number of carbonyl (C=O) groups is 2. The summed E-state index contributed by atoms with van der Waals surface area (Å²) in [6.45, 7) is 1.22. The van der Waals surface area contributed by atoms with Crippen LogP contribution < -0.4 is 0 Å². The summed E-state index contributed by atoms with van der Waals surface area (Å²) in [5.41, 5.74) is 1.36. The smallest absolute Gasteiger partial charge is 0.290 e. The molecule has 1 fully saturated rings. The molecule has 7 nitrogen and oxygen atoms in total. The summed E-state index contributed by atoms with van der Waals surface area (Å²) < 4.78 is 11.6. The van der Waals surface area contributed by atoms with Gasteiger partial charge in [-0.15, -0.1) is 0 Å². The molecule has 0 saturated heterocycles. The Kier molecular flexibility index (Phi) is 5.21. The monoisotopic (exact) mass is 385 g/mol. The Morgan fingerprint density at radius 2 is 2.14 bits per heavy atom. The van der Waals surface area contributed by atoms with Crippen molar-refractivity contribution in [1.29, 1.82) is 0 Å². The maximum absolute atomic E-state index is 13.5. The summed E-state index contributed by atoms with van der Waals surface area (Å²) in [4.78, 5) is 34.7. The van der Waals surface area contributed by atoms with E-state index in [1.165, 1.54) is 0 Å². The van der Waals surface area contributed by atoms with E-state index in [0.717, 1.165) is 18.4 Å². The number of fused-ring (bicyclic) bond motifs is 1. The lowest BCUT2D eigenvalue weighted by Crippen LogP contribution is -2.43. The van der Waals surface area contributed by atoms with Crippen molar-refractivity contribution in [2.24, 2.45) is 5.92 Å². The molecule has 4 unspecified atom stereocenters. The topological polar surface area (TPSA) is 72.0 Å². The maximum atomic E-state index is 13.5. The number of carbonyl (C=O) groups excluding carboxylic acids is 2. The maximum Gasteiger partial charge on any atom is 0.290 e. The van der Waals surface area contributed by atoms with Crippen LogP contribution in [0.15, 0.2) is 35.9 Å². The molecule has 7 heteroatoms. The molecular formula is C21H27N3O4. The van der Waals surface area contributed by atoms with Crippen molar-refractivity contribution < 1.29 is 19.1 Å². The molecule has 1 amide bonds. The lowest BCUT2D eigenvalue weighted by molar-refractivity contribution is -0.138. The van der Waals surface area contributed by atoms with Crippen LogP contribution in [0.1, 0.15) is 30.9 Å². The largest absolute Gasteiger partial charge is 0.483 e. The lowest BCUT2D eigenvalue weighted by atomic mass is 9.77. The number of nitrogens with zero attached hydrogens (tertiary/aromatic N) is 3. The van der Waals surface area contributed by atoms with Gasteiger partial charge in [0.05, 0.1) is 23.6 Å². The molecule has 3 aliphatic rings. The van der Waals surface area contributed by atoms with Gasteiger partial charge in [0.25, 0.3) is 5.91 Å². The van der Waals surface area contributed by atoms with Crippen LogP contribution in [0.2, 0.25) is 0 Å². The van der Waals surface area contributed by atoms with Crippen molar-refractivity contribution in [3.8, 4) is 0 Å². The molecule has 0 radical (unpaired) electrons. The van der Waals surface area contributed by atoms with Crippen molar-refractivity contribution >= 4 is 11.7 Å². The minimum Gasteiger partial charge on any atom is -0.483 e. The molecule has 3 heterocycles. The van der Waals surface area contributed by atoms with Crippen molar-refractivity contribution in [3.05, 3.63) is 41.4 Å². The van der Waals surface area contributed by atoms with E-state index in [2.05, 4.69) is 4.98 Å². The molecule has 1 aliphatic carbocycles. The number of ether oxygens (including phenoxy) is 2. The molecule has 150 valence electrons. The first-order valence-electron chi connectivity index (χ1n) is 9.84.